The van der Waals surface area contributed by atoms with Gasteiger partial charge in [-0.25, -0.2) is 4.79 Å². The zero-order valence-corrected chi connectivity index (χ0v) is 21.0. The maximum absolute atomic E-state index is 12.6. The van der Waals surface area contributed by atoms with Crippen molar-refractivity contribution < 1.29 is 34.1 Å². The van der Waals surface area contributed by atoms with Gasteiger partial charge in [0.1, 0.15) is 6.10 Å². The molecule has 0 radical (unpaired) electrons. The van der Waals surface area contributed by atoms with E-state index in [2.05, 4.69) is 19.2 Å². The highest BCUT2D eigenvalue weighted by atomic mass is 16.5. The molecule has 8 atom stereocenters. The van der Waals surface area contributed by atoms with Crippen LogP contribution in [0.15, 0.2) is 11.6 Å². The number of nitrogens with one attached hydrogen (secondary N) is 1. The minimum atomic E-state index is -1.40. The molecule has 3 fully saturated rings. The van der Waals surface area contributed by atoms with Gasteiger partial charge in [0.2, 0.25) is 5.91 Å². The number of fused-ring (bicyclic) bond motifs is 5. The van der Waals surface area contributed by atoms with Crippen LogP contribution in [0.1, 0.15) is 85.0 Å². The van der Waals surface area contributed by atoms with E-state index in [1.165, 1.54) is 12.5 Å². The van der Waals surface area contributed by atoms with Crippen molar-refractivity contribution in [2.45, 2.75) is 103 Å². The zero-order valence-electron chi connectivity index (χ0n) is 21.0. The molecule has 0 unspecified atom stereocenters. The molecule has 3 N–H and O–H groups in total. The summed E-state index contributed by atoms with van der Waals surface area (Å²) in [6.07, 6.45) is 7.78. The van der Waals surface area contributed by atoms with Crippen LogP contribution in [0.5, 0.6) is 0 Å². The Labute approximate surface area is 206 Å². The van der Waals surface area contributed by atoms with Crippen molar-refractivity contribution in [3.05, 3.63) is 11.6 Å². The molecule has 4 aliphatic carbocycles. The standard InChI is InChI=1S/C27H39NO7/c1-15(29)24(25(33)34)28-22(31)8-9-23(32)35-21-7-6-19-18-5-4-16-14-17(30)10-12-26(16,2)20(18)11-13-27(19,21)3/h14-15,18-21,24,29H,4-13H2,1-3H3,(H,28,31)(H,33,34)/t15-,18-,19-,20-,21-,24+,26-,27-/m0/s1. The Bertz CT molecular complexity index is 926. The van der Waals surface area contributed by atoms with Crippen molar-refractivity contribution >= 4 is 23.6 Å². The van der Waals surface area contributed by atoms with Gasteiger partial charge < -0.3 is 20.3 Å². The quantitative estimate of drug-likeness (QED) is 0.468. The Hall–Kier alpha value is -2.22. The van der Waals surface area contributed by atoms with Crippen LogP contribution in [0.4, 0.5) is 0 Å². The van der Waals surface area contributed by atoms with Gasteiger partial charge >= 0.3 is 11.9 Å². The van der Waals surface area contributed by atoms with Crippen molar-refractivity contribution in [1.82, 2.24) is 5.32 Å². The number of esters is 1. The van der Waals surface area contributed by atoms with Crippen molar-refractivity contribution in [3.63, 3.8) is 0 Å². The smallest absolute Gasteiger partial charge is 0.328 e. The van der Waals surface area contributed by atoms with E-state index in [1.807, 2.05) is 6.08 Å². The molecule has 0 aromatic carbocycles. The fourth-order valence-electron chi connectivity index (χ4n) is 7.77. The number of carboxylic acid groups (broad SMARTS) is 1. The highest BCUT2D eigenvalue weighted by Gasteiger charge is 2.59. The summed E-state index contributed by atoms with van der Waals surface area (Å²) in [5.74, 6) is -0.463. The molecule has 3 saturated carbocycles. The second-order valence-electron chi connectivity index (χ2n) is 11.7. The van der Waals surface area contributed by atoms with Gasteiger partial charge in [0.25, 0.3) is 0 Å². The average Bonchev–Trinajstić information content (AvgIpc) is 3.12. The molecule has 4 aliphatic rings. The Morgan fingerprint density at radius 3 is 2.51 bits per heavy atom. The lowest BCUT2D eigenvalue weighted by Crippen LogP contribution is -2.51. The zero-order chi connectivity index (χ0) is 25.5. The number of aliphatic hydroxyl groups is 1. The third-order valence-corrected chi connectivity index (χ3v) is 9.77. The number of amides is 1. The number of ketones is 1. The minimum Gasteiger partial charge on any atom is -0.480 e. The maximum Gasteiger partial charge on any atom is 0.328 e. The fraction of sp³-hybridized carbons (Fsp3) is 0.778. The summed E-state index contributed by atoms with van der Waals surface area (Å²) in [5, 5.41) is 20.8. The highest BCUT2D eigenvalue weighted by Crippen LogP contribution is 2.65. The molecule has 35 heavy (non-hydrogen) atoms. The van der Waals surface area contributed by atoms with Crippen LogP contribution in [0.25, 0.3) is 0 Å². The SMILES string of the molecule is C[C@H](O)[C@@H](NC(=O)CCC(=O)O[C@H]1CC[C@H]2[C@@H]3CCC4=CC(=O)CC[C@]4(C)[C@H]3CC[C@]12C)C(=O)O. The lowest BCUT2D eigenvalue weighted by atomic mass is 9.47. The van der Waals surface area contributed by atoms with Gasteiger partial charge in [0.05, 0.1) is 12.5 Å². The summed E-state index contributed by atoms with van der Waals surface area (Å²) in [6, 6.07) is -1.40. The number of hydrogen-bond donors (Lipinski definition) is 3. The fourth-order valence-corrected chi connectivity index (χ4v) is 7.77. The van der Waals surface area contributed by atoms with Gasteiger partial charge in [-0.2, -0.15) is 0 Å². The predicted octanol–water partition coefficient (Wildman–Crippen LogP) is 3.16. The molecular weight excluding hydrogens is 450 g/mol. The Balaban J connectivity index is 1.35. The molecule has 4 rings (SSSR count). The van der Waals surface area contributed by atoms with E-state index in [4.69, 9.17) is 9.84 Å². The van der Waals surface area contributed by atoms with Gasteiger partial charge in [-0.15, -0.1) is 0 Å². The topological polar surface area (TPSA) is 130 Å². The number of aliphatic hydroxyl groups excluding tert-OH is 1. The van der Waals surface area contributed by atoms with E-state index in [0.717, 1.165) is 44.9 Å². The van der Waals surface area contributed by atoms with E-state index >= 15 is 0 Å². The maximum atomic E-state index is 12.6. The molecule has 0 heterocycles. The first-order chi connectivity index (χ1) is 16.5. The molecular formula is C27H39NO7. The van der Waals surface area contributed by atoms with Crippen LogP contribution in [-0.4, -0.2) is 52.1 Å². The summed E-state index contributed by atoms with van der Waals surface area (Å²) < 4.78 is 5.92. The van der Waals surface area contributed by atoms with Crippen LogP contribution in [0.2, 0.25) is 0 Å². The number of carbonyl (C=O) groups excluding carboxylic acids is 3. The monoisotopic (exact) mass is 489 g/mol. The first kappa shape index (κ1) is 25.9. The number of rotatable bonds is 7. The van der Waals surface area contributed by atoms with Crippen LogP contribution >= 0.6 is 0 Å². The molecule has 0 aliphatic heterocycles. The molecule has 8 nitrogen and oxygen atoms in total. The Morgan fingerprint density at radius 2 is 1.83 bits per heavy atom. The number of carboxylic acids is 1. The van der Waals surface area contributed by atoms with Crippen LogP contribution in [0.3, 0.4) is 0 Å². The number of carbonyl (C=O) groups is 4. The van der Waals surface area contributed by atoms with E-state index in [9.17, 15) is 24.3 Å². The molecule has 0 aromatic heterocycles. The predicted molar refractivity (Wildman–Crippen MR) is 127 cm³/mol. The highest BCUT2D eigenvalue weighted by molar-refractivity contribution is 5.91. The van der Waals surface area contributed by atoms with Crippen LogP contribution in [0, 0.1) is 28.6 Å². The molecule has 0 spiro atoms. The first-order valence-electron chi connectivity index (χ1n) is 13.1. The summed E-state index contributed by atoms with van der Waals surface area (Å²) in [7, 11) is 0. The summed E-state index contributed by atoms with van der Waals surface area (Å²) in [5.41, 5.74) is 1.38. The molecule has 194 valence electrons. The van der Waals surface area contributed by atoms with Crippen molar-refractivity contribution in [2.75, 3.05) is 0 Å². The minimum absolute atomic E-state index is 0.0815. The first-order valence-corrected chi connectivity index (χ1v) is 13.1. The van der Waals surface area contributed by atoms with Crippen molar-refractivity contribution in [3.8, 4) is 0 Å². The van der Waals surface area contributed by atoms with Crippen molar-refractivity contribution in [2.24, 2.45) is 28.6 Å². The van der Waals surface area contributed by atoms with Crippen LogP contribution in [-0.2, 0) is 23.9 Å². The Kier molecular flexibility index (Phi) is 7.15. The van der Waals surface area contributed by atoms with Gasteiger partial charge in [0, 0.05) is 18.3 Å². The van der Waals surface area contributed by atoms with E-state index in [1.54, 1.807) is 0 Å². The lowest BCUT2D eigenvalue weighted by molar-refractivity contribution is -0.160. The molecule has 0 bridgehead atoms. The largest absolute Gasteiger partial charge is 0.480 e. The van der Waals surface area contributed by atoms with E-state index < -0.39 is 30.0 Å². The number of aliphatic carboxylic acids is 1. The van der Waals surface area contributed by atoms with Gasteiger partial charge in [-0.3, -0.25) is 14.4 Å². The van der Waals surface area contributed by atoms with Crippen molar-refractivity contribution in [1.29, 1.82) is 0 Å². The third-order valence-electron chi connectivity index (χ3n) is 9.77. The van der Waals surface area contributed by atoms with E-state index in [0.29, 0.717) is 24.2 Å². The second kappa shape index (κ2) is 9.68. The molecule has 0 aromatic rings. The van der Waals surface area contributed by atoms with Crippen LogP contribution < -0.4 is 5.32 Å². The van der Waals surface area contributed by atoms with Gasteiger partial charge in [-0.1, -0.05) is 19.4 Å². The summed E-state index contributed by atoms with van der Waals surface area (Å²) >= 11 is 0. The third kappa shape index (κ3) is 4.78. The molecule has 8 heteroatoms. The number of hydrogen-bond acceptors (Lipinski definition) is 6. The summed E-state index contributed by atoms with van der Waals surface area (Å²) in [6.45, 7) is 5.90. The van der Waals surface area contributed by atoms with Gasteiger partial charge in [-0.05, 0) is 81.1 Å². The molecule has 1 amide bonds. The normalized spacial score (nSPS) is 37.7. The summed E-state index contributed by atoms with van der Waals surface area (Å²) in [4.78, 5) is 47.9. The number of ether oxygens (including phenoxy) is 1. The second-order valence-corrected chi connectivity index (χ2v) is 11.7. The van der Waals surface area contributed by atoms with E-state index in [-0.39, 0.29) is 35.6 Å². The Morgan fingerprint density at radius 1 is 1.09 bits per heavy atom. The lowest BCUT2D eigenvalue weighted by Gasteiger charge is -2.57. The number of allylic oxidation sites excluding steroid dienone is 1. The van der Waals surface area contributed by atoms with Gasteiger partial charge in [0.15, 0.2) is 11.8 Å². The average molecular weight is 490 g/mol. The molecule has 0 saturated heterocycles.